The molecule has 4 heteroatoms. The van der Waals surface area contributed by atoms with E-state index in [1.54, 1.807) is 0 Å². The van der Waals surface area contributed by atoms with Gasteiger partial charge in [-0.3, -0.25) is 4.68 Å². The fourth-order valence-corrected chi connectivity index (χ4v) is 2.32. The van der Waals surface area contributed by atoms with Crippen molar-refractivity contribution in [3.05, 3.63) is 48.4 Å². The molecule has 3 aromatic rings. The minimum Gasteiger partial charge on any atom is -0.494 e. The Balaban J connectivity index is 1.92. The Bertz CT molecular complexity index is 696. The van der Waals surface area contributed by atoms with Crippen molar-refractivity contribution in [2.75, 3.05) is 6.61 Å². The van der Waals surface area contributed by atoms with E-state index >= 15 is 0 Å². The van der Waals surface area contributed by atoms with Gasteiger partial charge in [0.05, 0.1) is 19.3 Å². The smallest absolute Gasteiger partial charge is 0.120 e. The van der Waals surface area contributed by atoms with Gasteiger partial charge in [0.2, 0.25) is 0 Å². The highest BCUT2D eigenvalue weighted by Gasteiger charge is 2.04. The largest absolute Gasteiger partial charge is 0.494 e. The SMILES string of the molecule is CCOc1ccc2c(ccn2Cc2cnn(C)c2)c1. The van der Waals surface area contributed by atoms with E-state index in [0.29, 0.717) is 6.61 Å². The van der Waals surface area contributed by atoms with Crippen LogP contribution in [0.5, 0.6) is 5.75 Å². The van der Waals surface area contributed by atoms with Crippen molar-refractivity contribution in [2.24, 2.45) is 7.05 Å². The van der Waals surface area contributed by atoms with E-state index < -0.39 is 0 Å². The van der Waals surface area contributed by atoms with Crippen LogP contribution in [-0.4, -0.2) is 21.0 Å². The van der Waals surface area contributed by atoms with Gasteiger partial charge >= 0.3 is 0 Å². The molecule has 0 fully saturated rings. The van der Waals surface area contributed by atoms with Gasteiger partial charge < -0.3 is 9.30 Å². The fourth-order valence-electron chi connectivity index (χ4n) is 2.32. The summed E-state index contributed by atoms with van der Waals surface area (Å²) >= 11 is 0. The van der Waals surface area contributed by atoms with Gasteiger partial charge in [-0.15, -0.1) is 0 Å². The maximum absolute atomic E-state index is 5.52. The van der Waals surface area contributed by atoms with E-state index in [1.807, 2.05) is 37.1 Å². The Morgan fingerprint density at radius 3 is 2.89 bits per heavy atom. The number of fused-ring (bicyclic) bond motifs is 1. The minimum absolute atomic E-state index is 0.696. The van der Waals surface area contributed by atoms with E-state index in [4.69, 9.17) is 4.74 Å². The third-order valence-corrected chi connectivity index (χ3v) is 3.16. The van der Waals surface area contributed by atoms with Gasteiger partial charge in [0, 0.05) is 35.9 Å². The van der Waals surface area contributed by atoms with Crippen LogP contribution in [0.4, 0.5) is 0 Å². The lowest BCUT2D eigenvalue weighted by Crippen LogP contribution is -1.97. The quantitative estimate of drug-likeness (QED) is 0.718. The molecular weight excluding hydrogens is 238 g/mol. The van der Waals surface area contributed by atoms with Crippen molar-refractivity contribution >= 4 is 10.9 Å². The molecule has 0 bridgehead atoms. The number of aromatic nitrogens is 3. The molecule has 0 saturated heterocycles. The van der Waals surface area contributed by atoms with Gasteiger partial charge in [-0.1, -0.05) is 0 Å². The van der Waals surface area contributed by atoms with Crippen molar-refractivity contribution in [3.63, 3.8) is 0 Å². The summed E-state index contributed by atoms with van der Waals surface area (Å²) in [7, 11) is 1.94. The monoisotopic (exact) mass is 255 g/mol. The molecule has 2 aromatic heterocycles. The second-order valence-corrected chi connectivity index (χ2v) is 4.62. The molecule has 0 spiro atoms. The molecule has 0 aliphatic carbocycles. The molecule has 0 saturated carbocycles. The van der Waals surface area contributed by atoms with Crippen LogP contribution in [0.1, 0.15) is 12.5 Å². The molecule has 2 heterocycles. The number of hydrogen-bond donors (Lipinski definition) is 0. The highest BCUT2D eigenvalue weighted by molar-refractivity contribution is 5.81. The maximum atomic E-state index is 5.52. The second-order valence-electron chi connectivity index (χ2n) is 4.62. The average Bonchev–Trinajstić information content (AvgIpc) is 2.97. The summed E-state index contributed by atoms with van der Waals surface area (Å²) in [5.41, 5.74) is 2.42. The summed E-state index contributed by atoms with van der Waals surface area (Å²) in [5, 5.41) is 5.40. The zero-order valence-corrected chi connectivity index (χ0v) is 11.2. The molecular formula is C15H17N3O. The normalized spacial score (nSPS) is 11.1. The Morgan fingerprint density at radius 1 is 1.26 bits per heavy atom. The molecule has 0 radical (unpaired) electrons. The lowest BCUT2D eigenvalue weighted by molar-refractivity contribution is 0.340. The molecule has 1 aromatic carbocycles. The van der Waals surface area contributed by atoms with Crippen LogP contribution in [0.3, 0.4) is 0 Å². The summed E-state index contributed by atoms with van der Waals surface area (Å²) in [6, 6.07) is 8.33. The Kier molecular flexibility index (Phi) is 2.99. The van der Waals surface area contributed by atoms with Gasteiger partial charge in [-0.2, -0.15) is 5.10 Å². The summed E-state index contributed by atoms with van der Waals surface area (Å²) in [5.74, 6) is 0.925. The molecule has 0 aliphatic rings. The van der Waals surface area contributed by atoms with Crippen LogP contribution in [0.25, 0.3) is 10.9 Å². The predicted molar refractivity (Wildman–Crippen MR) is 75.4 cm³/mol. The van der Waals surface area contributed by atoms with Crippen LogP contribution in [0.2, 0.25) is 0 Å². The zero-order chi connectivity index (χ0) is 13.2. The predicted octanol–water partition coefficient (Wildman–Crippen LogP) is 2.82. The van der Waals surface area contributed by atoms with Crippen molar-refractivity contribution < 1.29 is 4.74 Å². The first kappa shape index (κ1) is 11.8. The van der Waals surface area contributed by atoms with Gasteiger partial charge in [-0.25, -0.2) is 0 Å². The number of rotatable bonds is 4. The van der Waals surface area contributed by atoms with Crippen molar-refractivity contribution in [3.8, 4) is 5.75 Å². The zero-order valence-electron chi connectivity index (χ0n) is 11.2. The lowest BCUT2D eigenvalue weighted by Gasteiger charge is -2.05. The van der Waals surface area contributed by atoms with E-state index in [2.05, 4.69) is 34.1 Å². The van der Waals surface area contributed by atoms with Crippen LogP contribution in [0, 0.1) is 0 Å². The summed E-state index contributed by atoms with van der Waals surface area (Å²) in [4.78, 5) is 0. The Morgan fingerprint density at radius 2 is 2.16 bits per heavy atom. The summed E-state index contributed by atoms with van der Waals surface area (Å²) in [6.45, 7) is 3.53. The first-order valence-electron chi connectivity index (χ1n) is 6.45. The van der Waals surface area contributed by atoms with E-state index in [9.17, 15) is 0 Å². The number of benzene rings is 1. The summed E-state index contributed by atoms with van der Waals surface area (Å²) in [6.07, 6.45) is 6.05. The molecule has 19 heavy (non-hydrogen) atoms. The molecule has 0 N–H and O–H groups in total. The first-order chi connectivity index (χ1) is 9.26. The lowest BCUT2D eigenvalue weighted by atomic mass is 10.2. The van der Waals surface area contributed by atoms with E-state index in [-0.39, 0.29) is 0 Å². The molecule has 0 aliphatic heterocycles. The van der Waals surface area contributed by atoms with E-state index in [1.165, 1.54) is 16.5 Å². The number of nitrogens with zero attached hydrogens (tertiary/aromatic N) is 3. The van der Waals surface area contributed by atoms with E-state index in [0.717, 1.165) is 12.3 Å². The number of ether oxygens (including phenoxy) is 1. The molecule has 4 nitrogen and oxygen atoms in total. The molecule has 0 amide bonds. The number of aryl methyl sites for hydroxylation is 1. The summed E-state index contributed by atoms with van der Waals surface area (Å²) < 4.78 is 9.57. The van der Waals surface area contributed by atoms with Gasteiger partial charge in [0.1, 0.15) is 5.75 Å². The van der Waals surface area contributed by atoms with Crippen LogP contribution >= 0.6 is 0 Å². The standard InChI is InChI=1S/C15H17N3O/c1-3-19-14-4-5-15-13(8-14)6-7-18(15)11-12-9-16-17(2)10-12/h4-10H,3,11H2,1-2H3. The molecule has 98 valence electrons. The fraction of sp³-hybridized carbons (Fsp3) is 0.267. The Hall–Kier alpha value is -2.23. The van der Waals surface area contributed by atoms with Crippen molar-refractivity contribution in [1.82, 2.24) is 14.3 Å². The first-order valence-corrected chi connectivity index (χ1v) is 6.45. The highest BCUT2D eigenvalue weighted by Crippen LogP contribution is 2.22. The highest BCUT2D eigenvalue weighted by atomic mass is 16.5. The third-order valence-electron chi connectivity index (χ3n) is 3.16. The van der Waals surface area contributed by atoms with Crippen LogP contribution in [0.15, 0.2) is 42.9 Å². The van der Waals surface area contributed by atoms with Crippen molar-refractivity contribution in [2.45, 2.75) is 13.5 Å². The molecule has 3 rings (SSSR count). The van der Waals surface area contributed by atoms with Crippen molar-refractivity contribution in [1.29, 1.82) is 0 Å². The van der Waals surface area contributed by atoms with Gasteiger partial charge in [0.15, 0.2) is 0 Å². The maximum Gasteiger partial charge on any atom is 0.120 e. The number of hydrogen-bond acceptors (Lipinski definition) is 2. The second kappa shape index (κ2) is 4.80. The topological polar surface area (TPSA) is 32.0 Å². The Labute approximate surface area is 112 Å². The van der Waals surface area contributed by atoms with Gasteiger partial charge in [0.25, 0.3) is 0 Å². The van der Waals surface area contributed by atoms with Crippen LogP contribution in [-0.2, 0) is 13.6 Å². The van der Waals surface area contributed by atoms with Crippen LogP contribution < -0.4 is 4.74 Å². The molecule has 0 atom stereocenters. The average molecular weight is 255 g/mol. The third kappa shape index (κ3) is 2.34. The van der Waals surface area contributed by atoms with Gasteiger partial charge in [-0.05, 0) is 31.2 Å². The molecule has 0 unspecified atom stereocenters. The minimum atomic E-state index is 0.696.